The number of hydrogen-bond donors (Lipinski definition) is 2. The van der Waals surface area contributed by atoms with Gasteiger partial charge in [0.15, 0.2) is 0 Å². The molecule has 1 aromatic carbocycles. The summed E-state index contributed by atoms with van der Waals surface area (Å²) in [5.74, 6) is -0.0261. The molecule has 1 amide bonds. The number of hydrogen-bond acceptors (Lipinski definition) is 3. The van der Waals surface area contributed by atoms with Crippen LogP contribution in [-0.4, -0.2) is 12.5 Å². The van der Waals surface area contributed by atoms with E-state index in [0.717, 1.165) is 34.8 Å². The van der Waals surface area contributed by atoms with E-state index in [0.29, 0.717) is 0 Å². The molecule has 1 aromatic heterocycles. The zero-order valence-electron chi connectivity index (χ0n) is 11.2. The average molecular weight is 309 g/mol. The summed E-state index contributed by atoms with van der Waals surface area (Å²) in [5.41, 5.74) is 3.35. The van der Waals surface area contributed by atoms with Crippen molar-refractivity contribution in [2.75, 3.05) is 17.2 Å². The van der Waals surface area contributed by atoms with E-state index in [9.17, 15) is 4.79 Å². The minimum absolute atomic E-state index is 0. The average Bonchev–Trinajstić information content (AvgIpc) is 2.85. The summed E-state index contributed by atoms with van der Waals surface area (Å²) in [6, 6.07) is 9.91. The third-order valence-corrected chi connectivity index (χ3v) is 4.27. The van der Waals surface area contributed by atoms with Gasteiger partial charge in [0.05, 0.1) is 4.88 Å². The van der Waals surface area contributed by atoms with Crippen molar-refractivity contribution in [2.45, 2.75) is 19.8 Å². The number of nitrogens with one attached hydrogen (secondary N) is 2. The summed E-state index contributed by atoms with van der Waals surface area (Å²) in [5, 5.41) is 6.33. The van der Waals surface area contributed by atoms with Gasteiger partial charge in [-0.2, -0.15) is 0 Å². The van der Waals surface area contributed by atoms with Gasteiger partial charge in [0.25, 0.3) is 5.91 Å². The number of thiophene rings is 1. The van der Waals surface area contributed by atoms with Crippen LogP contribution in [0.4, 0.5) is 11.4 Å². The first-order chi connectivity index (χ1) is 9.22. The van der Waals surface area contributed by atoms with Crippen LogP contribution < -0.4 is 10.6 Å². The Kier molecular flexibility index (Phi) is 4.68. The third kappa shape index (κ3) is 3.14. The molecule has 1 aliphatic heterocycles. The Balaban J connectivity index is 0.00000147. The SMILES string of the molecule is Cc1ccc(C(=O)Nc2ccc3c(c2)CCCN3)s1.Cl. The van der Waals surface area contributed by atoms with E-state index in [1.165, 1.54) is 22.6 Å². The topological polar surface area (TPSA) is 41.1 Å². The number of carbonyl (C=O) groups is 1. The van der Waals surface area contributed by atoms with Gasteiger partial charge in [-0.25, -0.2) is 0 Å². The number of benzene rings is 1. The summed E-state index contributed by atoms with van der Waals surface area (Å²) < 4.78 is 0. The van der Waals surface area contributed by atoms with Gasteiger partial charge in [0.2, 0.25) is 0 Å². The first kappa shape index (κ1) is 14.9. The van der Waals surface area contributed by atoms with Crippen molar-refractivity contribution in [1.29, 1.82) is 0 Å². The Morgan fingerprint density at radius 1 is 1.30 bits per heavy atom. The molecule has 3 nitrogen and oxygen atoms in total. The number of amides is 1. The van der Waals surface area contributed by atoms with Gasteiger partial charge in [-0.1, -0.05) is 0 Å². The molecule has 0 saturated heterocycles. The molecule has 20 heavy (non-hydrogen) atoms. The maximum atomic E-state index is 12.1. The highest BCUT2D eigenvalue weighted by Gasteiger charge is 2.11. The lowest BCUT2D eigenvalue weighted by atomic mass is 10.0. The van der Waals surface area contributed by atoms with Crippen molar-refractivity contribution < 1.29 is 4.79 Å². The second-order valence-electron chi connectivity index (χ2n) is 4.77. The first-order valence-electron chi connectivity index (χ1n) is 6.47. The smallest absolute Gasteiger partial charge is 0.265 e. The van der Waals surface area contributed by atoms with Gasteiger partial charge < -0.3 is 10.6 Å². The van der Waals surface area contributed by atoms with Gasteiger partial charge >= 0.3 is 0 Å². The quantitative estimate of drug-likeness (QED) is 0.877. The van der Waals surface area contributed by atoms with Crippen LogP contribution in [0.25, 0.3) is 0 Å². The maximum absolute atomic E-state index is 12.1. The standard InChI is InChI=1S/C15H16N2OS.ClH/c1-10-4-7-14(19-10)15(18)17-12-5-6-13-11(9-12)3-2-8-16-13;/h4-7,9,16H,2-3,8H2,1H3,(H,17,18);1H. The molecule has 5 heteroatoms. The van der Waals surface area contributed by atoms with Gasteiger partial charge in [-0.05, 0) is 55.7 Å². The van der Waals surface area contributed by atoms with Crippen LogP contribution in [0.2, 0.25) is 0 Å². The summed E-state index contributed by atoms with van der Waals surface area (Å²) in [4.78, 5) is 14.0. The molecule has 0 saturated carbocycles. The first-order valence-corrected chi connectivity index (χ1v) is 7.28. The Hall–Kier alpha value is -1.52. The molecule has 0 aliphatic carbocycles. The van der Waals surface area contributed by atoms with Crippen LogP contribution in [0.1, 0.15) is 26.5 Å². The number of carbonyl (C=O) groups excluding carboxylic acids is 1. The van der Waals surface area contributed by atoms with Crippen LogP contribution >= 0.6 is 23.7 Å². The summed E-state index contributed by atoms with van der Waals surface area (Å²) in [6.45, 7) is 3.04. The Bertz CT molecular complexity index is 624. The van der Waals surface area contributed by atoms with E-state index in [1.807, 2.05) is 31.2 Å². The fourth-order valence-electron chi connectivity index (χ4n) is 2.30. The lowest BCUT2D eigenvalue weighted by Crippen LogP contribution is -2.14. The van der Waals surface area contributed by atoms with Crippen LogP contribution in [0, 0.1) is 6.92 Å². The second-order valence-corrected chi connectivity index (χ2v) is 6.05. The van der Waals surface area contributed by atoms with E-state index >= 15 is 0 Å². The molecule has 0 spiro atoms. The number of anilines is 2. The molecule has 0 radical (unpaired) electrons. The highest BCUT2D eigenvalue weighted by Crippen LogP contribution is 2.25. The van der Waals surface area contributed by atoms with Crippen molar-refractivity contribution in [2.24, 2.45) is 0 Å². The molecule has 2 heterocycles. The van der Waals surface area contributed by atoms with E-state index < -0.39 is 0 Å². The monoisotopic (exact) mass is 308 g/mol. The molecule has 2 aromatic rings. The molecular formula is C15H17ClN2OS. The van der Waals surface area contributed by atoms with Crippen LogP contribution in [0.15, 0.2) is 30.3 Å². The zero-order valence-corrected chi connectivity index (χ0v) is 12.9. The van der Waals surface area contributed by atoms with Gasteiger partial charge in [0.1, 0.15) is 0 Å². The molecule has 3 rings (SSSR count). The second kappa shape index (κ2) is 6.29. The third-order valence-electron chi connectivity index (χ3n) is 3.27. The molecule has 1 aliphatic rings. The van der Waals surface area contributed by atoms with Gasteiger partial charge in [-0.3, -0.25) is 4.79 Å². The van der Waals surface area contributed by atoms with Gasteiger partial charge in [0, 0.05) is 22.8 Å². The van der Waals surface area contributed by atoms with Crippen molar-refractivity contribution in [3.63, 3.8) is 0 Å². The fourth-order valence-corrected chi connectivity index (χ4v) is 3.06. The summed E-state index contributed by atoms with van der Waals surface area (Å²) in [6.07, 6.45) is 2.22. The van der Waals surface area contributed by atoms with E-state index in [2.05, 4.69) is 16.7 Å². The normalized spacial score (nSPS) is 12.8. The predicted octanol–water partition coefficient (Wildman–Crippen LogP) is 4.09. The van der Waals surface area contributed by atoms with Crippen LogP contribution in [0.5, 0.6) is 0 Å². The van der Waals surface area contributed by atoms with Crippen LogP contribution in [-0.2, 0) is 6.42 Å². The highest BCUT2D eigenvalue weighted by molar-refractivity contribution is 7.14. The lowest BCUT2D eigenvalue weighted by molar-refractivity contribution is 0.103. The largest absolute Gasteiger partial charge is 0.385 e. The number of halogens is 1. The Labute approximate surface area is 128 Å². The maximum Gasteiger partial charge on any atom is 0.265 e. The molecular weight excluding hydrogens is 292 g/mol. The van der Waals surface area contributed by atoms with Crippen molar-refractivity contribution in [3.8, 4) is 0 Å². The Morgan fingerprint density at radius 3 is 2.90 bits per heavy atom. The minimum atomic E-state index is -0.0261. The molecule has 0 unspecified atom stereocenters. The molecule has 106 valence electrons. The summed E-state index contributed by atoms with van der Waals surface area (Å²) in [7, 11) is 0. The molecule has 0 bridgehead atoms. The van der Waals surface area contributed by atoms with Gasteiger partial charge in [-0.15, -0.1) is 23.7 Å². The van der Waals surface area contributed by atoms with E-state index in [4.69, 9.17) is 0 Å². The Morgan fingerprint density at radius 2 is 2.15 bits per heavy atom. The number of aryl methyl sites for hydroxylation is 2. The predicted molar refractivity (Wildman–Crippen MR) is 87.5 cm³/mol. The number of rotatable bonds is 2. The van der Waals surface area contributed by atoms with Crippen molar-refractivity contribution >= 4 is 41.0 Å². The van der Waals surface area contributed by atoms with E-state index in [1.54, 1.807) is 0 Å². The molecule has 0 atom stereocenters. The minimum Gasteiger partial charge on any atom is -0.385 e. The lowest BCUT2D eigenvalue weighted by Gasteiger charge is -2.18. The van der Waals surface area contributed by atoms with Crippen molar-refractivity contribution in [1.82, 2.24) is 0 Å². The van der Waals surface area contributed by atoms with Crippen LogP contribution in [0.3, 0.4) is 0 Å². The van der Waals surface area contributed by atoms with Crippen molar-refractivity contribution in [3.05, 3.63) is 45.6 Å². The number of fused-ring (bicyclic) bond motifs is 1. The summed E-state index contributed by atoms with van der Waals surface area (Å²) >= 11 is 1.52. The molecule has 0 fully saturated rings. The fraction of sp³-hybridized carbons (Fsp3) is 0.267. The zero-order chi connectivity index (χ0) is 13.2. The van der Waals surface area contributed by atoms with E-state index in [-0.39, 0.29) is 18.3 Å². The highest BCUT2D eigenvalue weighted by atomic mass is 35.5. The molecule has 2 N–H and O–H groups in total.